The second-order valence-corrected chi connectivity index (χ2v) is 7.51. The molecule has 26 heavy (non-hydrogen) atoms. The first kappa shape index (κ1) is 16.8. The molecule has 0 radical (unpaired) electrons. The van der Waals surface area contributed by atoms with Crippen LogP contribution in [-0.4, -0.2) is 17.1 Å². The van der Waals surface area contributed by atoms with Crippen LogP contribution in [0.1, 0.15) is 4.88 Å². The van der Waals surface area contributed by atoms with Crippen molar-refractivity contribution in [1.29, 1.82) is 0 Å². The van der Waals surface area contributed by atoms with Crippen LogP contribution < -0.4 is 10.3 Å². The van der Waals surface area contributed by atoms with Crippen molar-refractivity contribution in [2.24, 2.45) is 0 Å². The average Bonchev–Trinajstić information content (AvgIpc) is 2.98. The number of nitrogens with one attached hydrogen (secondary N) is 1. The molecule has 0 aliphatic heterocycles. The number of aromatic amines is 1. The summed E-state index contributed by atoms with van der Waals surface area (Å²) >= 11 is 7.46. The molecule has 0 saturated heterocycles. The first-order valence-corrected chi connectivity index (χ1v) is 9.20. The number of hydrogen-bond donors (Lipinski definition) is 1. The van der Waals surface area contributed by atoms with E-state index in [9.17, 15) is 4.79 Å². The molecule has 0 aliphatic carbocycles. The Hall–Kier alpha value is -2.63. The molecule has 0 amide bonds. The summed E-state index contributed by atoms with van der Waals surface area (Å²) in [6.07, 6.45) is 0. The molecule has 6 heteroatoms. The predicted molar refractivity (Wildman–Crippen MR) is 107 cm³/mol. The van der Waals surface area contributed by atoms with E-state index in [1.54, 1.807) is 19.2 Å². The molecule has 4 rings (SSSR count). The summed E-state index contributed by atoms with van der Waals surface area (Å²) in [5.41, 5.74) is 2.52. The molecule has 130 valence electrons. The van der Waals surface area contributed by atoms with Crippen molar-refractivity contribution in [2.75, 3.05) is 7.11 Å². The Balaban J connectivity index is 1.93. The van der Waals surface area contributed by atoms with Crippen LogP contribution in [0, 0.1) is 6.92 Å². The van der Waals surface area contributed by atoms with E-state index in [-0.39, 0.29) is 5.56 Å². The molecule has 0 unspecified atom stereocenters. The minimum Gasteiger partial charge on any atom is -0.497 e. The number of thiophene rings is 1. The maximum atomic E-state index is 12.9. The lowest BCUT2D eigenvalue weighted by molar-refractivity contribution is 0.415. The van der Waals surface area contributed by atoms with E-state index in [1.807, 2.05) is 43.3 Å². The summed E-state index contributed by atoms with van der Waals surface area (Å²) in [4.78, 5) is 22.2. The smallest absolute Gasteiger partial charge is 0.260 e. The highest BCUT2D eigenvalue weighted by Gasteiger charge is 2.17. The minimum atomic E-state index is -0.151. The lowest BCUT2D eigenvalue weighted by atomic mass is 10.0. The Morgan fingerprint density at radius 1 is 1.12 bits per heavy atom. The van der Waals surface area contributed by atoms with E-state index in [2.05, 4.69) is 9.97 Å². The molecule has 2 aromatic carbocycles. The zero-order chi connectivity index (χ0) is 18.3. The van der Waals surface area contributed by atoms with Crippen molar-refractivity contribution in [3.63, 3.8) is 0 Å². The largest absolute Gasteiger partial charge is 0.497 e. The van der Waals surface area contributed by atoms with Crippen LogP contribution >= 0.6 is 22.9 Å². The van der Waals surface area contributed by atoms with E-state index in [4.69, 9.17) is 16.3 Å². The molecule has 0 saturated carbocycles. The Morgan fingerprint density at radius 3 is 2.62 bits per heavy atom. The molecule has 0 fully saturated rings. The summed E-state index contributed by atoms with van der Waals surface area (Å²) in [5.74, 6) is 1.29. The third-order valence-corrected chi connectivity index (χ3v) is 5.47. The van der Waals surface area contributed by atoms with Gasteiger partial charge in [0.1, 0.15) is 16.4 Å². The van der Waals surface area contributed by atoms with E-state index < -0.39 is 0 Å². The Labute approximate surface area is 159 Å². The molecule has 4 nitrogen and oxygen atoms in total. The van der Waals surface area contributed by atoms with Crippen LogP contribution in [0.25, 0.3) is 32.7 Å². The van der Waals surface area contributed by atoms with Gasteiger partial charge in [-0.1, -0.05) is 23.7 Å². The SMILES string of the molecule is COc1cccc(-c2c(C)sc3nc(-c4ccc(Cl)cc4)[nH]c(=O)c23)c1. The number of rotatable bonds is 3. The first-order valence-electron chi connectivity index (χ1n) is 8.00. The molecule has 2 heterocycles. The van der Waals surface area contributed by atoms with Gasteiger partial charge in [-0.3, -0.25) is 4.79 Å². The number of methoxy groups -OCH3 is 1. The highest BCUT2D eigenvalue weighted by molar-refractivity contribution is 7.19. The monoisotopic (exact) mass is 382 g/mol. The van der Waals surface area contributed by atoms with Gasteiger partial charge in [0, 0.05) is 21.0 Å². The Kier molecular flexibility index (Phi) is 4.26. The number of nitrogens with zero attached hydrogens (tertiary/aromatic N) is 1. The number of fused-ring (bicyclic) bond motifs is 1. The zero-order valence-corrected chi connectivity index (χ0v) is 15.7. The van der Waals surface area contributed by atoms with Crippen LogP contribution in [0.15, 0.2) is 53.3 Å². The third kappa shape index (κ3) is 2.89. The van der Waals surface area contributed by atoms with Gasteiger partial charge in [-0.2, -0.15) is 0 Å². The maximum absolute atomic E-state index is 12.9. The molecule has 0 aliphatic rings. The van der Waals surface area contributed by atoms with E-state index in [0.717, 1.165) is 27.3 Å². The van der Waals surface area contributed by atoms with Crippen molar-refractivity contribution in [1.82, 2.24) is 9.97 Å². The maximum Gasteiger partial charge on any atom is 0.260 e. The van der Waals surface area contributed by atoms with Crippen molar-refractivity contribution in [2.45, 2.75) is 6.92 Å². The highest BCUT2D eigenvalue weighted by atomic mass is 35.5. The number of aryl methyl sites for hydroxylation is 1. The number of aromatic nitrogens is 2. The fraction of sp³-hybridized carbons (Fsp3) is 0.100. The molecular formula is C20H15ClN2O2S. The number of benzene rings is 2. The normalized spacial score (nSPS) is 11.0. The summed E-state index contributed by atoms with van der Waals surface area (Å²) in [7, 11) is 1.63. The van der Waals surface area contributed by atoms with Crippen LogP contribution in [0.4, 0.5) is 0 Å². The standard InChI is InChI=1S/C20H15ClN2O2S/c1-11-16(13-4-3-5-15(10-13)25-2)17-19(24)22-18(23-20(17)26-11)12-6-8-14(21)9-7-12/h3-10H,1-2H3,(H,22,23,24). The van der Waals surface area contributed by atoms with Crippen molar-refractivity contribution >= 4 is 33.2 Å². The topological polar surface area (TPSA) is 55.0 Å². The molecular weight excluding hydrogens is 368 g/mol. The van der Waals surface area contributed by atoms with Gasteiger partial charge in [-0.05, 0) is 48.9 Å². The van der Waals surface area contributed by atoms with E-state index >= 15 is 0 Å². The van der Waals surface area contributed by atoms with Gasteiger partial charge < -0.3 is 9.72 Å². The molecule has 1 N–H and O–H groups in total. The molecule has 0 atom stereocenters. The lowest BCUT2D eigenvalue weighted by Gasteiger charge is -2.05. The quantitative estimate of drug-likeness (QED) is 0.523. The van der Waals surface area contributed by atoms with Gasteiger partial charge in [0.15, 0.2) is 0 Å². The zero-order valence-electron chi connectivity index (χ0n) is 14.2. The highest BCUT2D eigenvalue weighted by Crippen LogP contribution is 2.37. The van der Waals surface area contributed by atoms with Gasteiger partial charge in [0.05, 0.1) is 12.5 Å². The van der Waals surface area contributed by atoms with Crippen molar-refractivity contribution in [3.05, 3.63) is 68.8 Å². The van der Waals surface area contributed by atoms with Crippen LogP contribution in [0.3, 0.4) is 0 Å². The first-order chi connectivity index (χ1) is 12.6. The second kappa shape index (κ2) is 6.59. The van der Waals surface area contributed by atoms with Gasteiger partial charge >= 0.3 is 0 Å². The molecule has 0 bridgehead atoms. The summed E-state index contributed by atoms with van der Waals surface area (Å²) in [6.45, 7) is 2.00. The summed E-state index contributed by atoms with van der Waals surface area (Å²) < 4.78 is 5.31. The van der Waals surface area contributed by atoms with Crippen LogP contribution in [-0.2, 0) is 0 Å². The van der Waals surface area contributed by atoms with E-state index in [1.165, 1.54) is 11.3 Å². The number of hydrogen-bond acceptors (Lipinski definition) is 4. The minimum absolute atomic E-state index is 0.151. The fourth-order valence-electron chi connectivity index (χ4n) is 2.99. The summed E-state index contributed by atoms with van der Waals surface area (Å²) in [6, 6.07) is 15.0. The van der Waals surface area contributed by atoms with E-state index in [0.29, 0.717) is 21.1 Å². The predicted octanol–water partition coefficient (Wildman–Crippen LogP) is 5.29. The van der Waals surface area contributed by atoms with Gasteiger partial charge in [-0.15, -0.1) is 11.3 Å². The molecule has 0 spiro atoms. The third-order valence-electron chi connectivity index (χ3n) is 4.21. The van der Waals surface area contributed by atoms with Crippen LogP contribution in [0.2, 0.25) is 5.02 Å². The average molecular weight is 383 g/mol. The Bertz CT molecular complexity index is 1160. The number of halogens is 1. The number of ether oxygens (including phenoxy) is 1. The molecule has 4 aromatic rings. The van der Waals surface area contributed by atoms with Crippen molar-refractivity contribution < 1.29 is 4.74 Å². The van der Waals surface area contributed by atoms with Gasteiger partial charge in [0.25, 0.3) is 5.56 Å². The number of H-pyrrole nitrogens is 1. The summed E-state index contributed by atoms with van der Waals surface area (Å²) in [5, 5.41) is 1.25. The van der Waals surface area contributed by atoms with Gasteiger partial charge in [-0.25, -0.2) is 4.98 Å². The second-order valence-electron chi connectivity index (χ2n) is 5.87. The van der Waals surface area contributed by atoms with Crippen LogP contribution in [0.5, 0.6) is 5.75 Å². The molecule has 2 aromatic heterocycles. The lowest BCUT2D eigenvalue weighted by Crippen LogP contribution is -2.09. The fourth-order valence-corrected chi connectivity index (χ4v) is 4.16. The van der Waals surface area contributed by atoms with Gasteiger partial charge in [0.2, 0.25) is 0 Å². The Morgan fingerprint density at radius 2 is 1.88 bits per heavy atom. The van der Waals surface area contributed by atoms with Crippen molar-refractivity contribution in [3.8, 4) is 28.3 Å².